The maximum atomic E-state index is 11.9. The van der Waals surface area contributed by atoms with Crippen molar-refractivity contribution in [2.45, 2.75) is 117 Å². The van der Waals surface area contributed by atoms with Crippen molar-refractivity contribution in [3.63, 3.8) is 0 Å². The molecule has 0 aromatic carbocycles. The lowest BCUT2D eigenvalue weighted by Crippen LogP contribution is -2.10. The molecule has 0 saturated carbocycles. The smallest absolute Gasteiger partial charge is 0.180 e. The number of rotatable bonds is 18. The lowest BCUT2D eigenvalue weighted by Gasteiger charge is -2.03. The molecule has 0 saturated heterocycles. The molecule has 0 heterocycles. The third-order valence-corrected chi connectivity index (χ3v) is 4.45. The molecule has 0 aliphatic heterocycles. The monoisotopic (exact) mass is 339 g/mol. The molecule has 0 bridgehead atoms. The van der Waals surface area contributed by atoms with Crippen LogP contribution in [0.1, 0.15) is 117 Å². The molecular formula is C21H41NO2. The predicted molar refractivity (Wildman–Crippen MR) is 105 cm³/mol. The van der Waals surface area contributed by atoms with Crippen LogP contribution in [-0.2, 0) is 9.63 Å². The first-order chi connectivity index (χ1) is 11.7. The summed E-state index contributed by atoms with van der Waals surface area (Å²) < 4.78 is 0. The molecule has 142 valence electrons. The van der Waals surface area contributed by atoms with Gasteiger partial charge in [-0.15, -0.1) is 0 Å². The van der Waals surface area contributed by atoms with Crippen LogP contribution in [0, 0.1) is 0 Å². The Morgan fingerprint density at radius 2 is 1.17 bits per heavy atom. The summed E-state index contributed by atoms with van der Waals surface area (Å²) >= 11 is 0. The number of carbonyl (C=O) groups excluding carboxylic acids is 1. The number of hydrogen-bond donors (Lipinski definition) is 0. The van der Waals surface area contributed by atoms with Gasteiger partial charge in [-0.1, -0.05) is 96.1 Å². The number of Topliss-reactive ketones (excluding diaryl/α,β-unsaturated/α-hetero) is 1. The number of hydrogen-bond acceptors (Lipinski definition) is 3. The highest BCUT2D eigenvalue weighted by Crippen LogP contribution is 2.12. The molecule has 3 heteroatoms. The fourth-order valence-corrected chi connectivity index (χ4v) is 2.74. The maximum Gasteiger partial charge on any atom is 0.180 e. The Balaban J connectivity index is 3.40. The van der Waals surface area contributed by atoms with Gasteiger partial charge in [-0.25, -0.2) is 0 Å². The molecule has 0 fully saturated rings. The fourth-order valence-electron chi connectivity index (χ4n) is 2.74. The normalized spacial score (nSPS) is 11.7. The summed E-state index contributed by atoms with van der Waals surface area (Å²) in [5.74, 6) is 0.140. The number of carbonyl (C=O) groups is 1. The second kappa shape index (κ2) is 18.5. The van der Waals surface area contributed by atoms with Crippen molar-refractivity contribution in [2.75, 3.05) is 6.61 Å². The van der Waals surface area contributed by atoms with E-state index in [-0.39, 0.29) is 5.78 Å². The molecule has 0 spiro atoms. The molecule has 0 N–H and O–H groups in total. The summed E-state index contributed by atoms with van der Waals surface area (Å²) in [5, 5.41) is 3.93. The van der Waals surface area contributed by atoms with Crippen LogP contribution >= 0.6 is 0 Å². The van der Waals surface area contributed by atoms with E-state index in [1.807, 2.05) is 0 Å². The Morgan fingerprint density at radius 3 is 1.71 bits per heavy atom. The highest BCUT2D eigenvalue weighted by molar-refractivity contribution is 6.38. The largest absolute Gasteiger partial charge is 0.396 e. The van der Waals surface area contributed by atoms with E-state index in [1.165, 1.54) is 64.2 Å². The third-order valence-electron chi connectivity index (χ3n) is 4.45. The van der Waals surface area contributed by atoms with Gasteiger partial charge in [0.25, 0.3) is 0 Å². The number of oxime groups is 1. The van der Waals surface area contributed by atoms with Crippen LogP contribution < -0.4 is 0 Å². The fraction of sp³-hybridized carbons (Fsp3) is 0.905. The summed E-state index contributed by atoms with van der Waals surface area (Å²) in [6.07, 6.45) is 18.3. The first-order valence-electron chi connectivity index (χ1n) is 10.4. The Bertz CT molecular complexity index is 313. The summed E-state index contributed by atoms with van der Waals surface area (Å²) in [7, 11) is 0. The van der Waals surface area contributed by atoms with Gasteiger partial charge in [-0.2, -0.15) is 0 Å². The average molecular weight is 340 g/mol. The van der Waals surface area contributed by atoms with Crippen molar-refractivity contribution >= 4 is 11.5 Å². The van der Waals surface area contributed by atoms with E-state index in [9.17, 15) is 4.79 Å². The quantitative estimate of drug-likeness (QED) is 0.156. The molecule has 0 unspecified atom stereocenters. The Hall–Kier alpha value is -0.860. The van der Waals surface area contributed by atoms with Crippen molar-refractivity contribution in [1.29, 1.82) is 0 Å². The molecule has 0 amide bonds. The number of ketones is 1. The van der Waals surface area contributed by atoms with Gasteiger partial charge >= 0.3 is 0 Å². The lowest BCUT2D eigenvalue weighted by molar-refractivity contribution is -0.113. The Kier molecular flexibility index (Phi) is 17.8. The molecule has 24 heavy (non-hydrogen) atoms. The van der Waals surface area contributed by atoms with Crippen LogP contribution in [0.2, 0.25) is 0 Å². The number of unbranched alkanes of at least 4 members (excludes halogenated alkanes) is 12. The minimum atomic E-state index is 0.140. The lowest BCUT2D eigenvalue weighted by atomic mass is 10.0. The molecular weight excluding hydrogens is 298 g/mol. The second-order valence-electron chi connectivity index (χ2n) is 6.93. The molecule has 0 rings (SSSR count). The van der Waals surface area contributed by atoms with Gasteiger partial charge in [-0.05, 0) is 19.8 Å². The minimum absolute atomic E-state index is 0.140. The minimum Gasteiger partial charge on any atom is -0.396 e. The second-order valence-corrected chi connectivity index (χ2v) is 6.93. The Morgan fingerprint density at radius 1 is 0.708 bits per heavy atom. The zero-order valence-electron chi connectivity index (χ0n) is 16.6. The van der Waals surface area contributed by atoms with Crippen LogP contribution in [0.25, 0.3) is 0 Å². The van der Waals surface area contributed by atoms with Crippen LogP contribution in [0.4, 0.5) is 0 Å². The van der Waals surface area contributed by atoms with Crippen molar-refractivity contribution in [3.8, 4) is 0 Å². The van der Waals surface area contributed by atoms with E-state index < -0.39 is 0 Å². The Labute approximate surface area is 150 Å². The molecule has 0 aromatic rings. The van der Waals surface area contributed by atoms with Gasteiger partial charge in [0.15, 0.2) is 5.78 Å². The van der Waals surface area contributed by atoms with E-state index in [1.54, 1.807) is 6.92 Å². The summed E-state index contributed by atoms with van der Waals surface area (Å²) in [4.78, 5) is 17.1. The van der Waals surface area contributed by atoms with Crippen LogP contribution in [0.15, 0.2) is 5.16 Å². The van der Waals surface area contributed by atoms with E-state index >= 15 is 0 Å². The summed E-state index contributed by atoms with van der Waals surface area (Å²) in [6.45, 7) is 6.81. The summed E-state index contributed by atoms with van der Waals surface area (Å²) in [6, 6.07) is 0. The molecule has 0 aliphatic carbocycles. The predicted octanol–water partition coefficient (Wildman–Crippen LogP) is 6.84. The van der Waals surface area contributed by atoms with Gasteiger partial charge in [0.05, 0.1) is 0 Å². The first-order valence-corrected chi connectivity index (χ1v) is 10.4. The van der Waals surface area contributed by atoms with E-state index in [0.29, 0.717) is 18.7 Å². The molecule has 0 atom stereocenters. The maximum absolute atomic E-state index is 11.9. The summed E-state index contributed by atoms with van der Waals surface area (Å²) in [5.41, 5.74) is 0.526. The van der Waals surface area contributed by atoms with Crippen LogP contribution in [-0.4, -0.2) is 18.1 Å². The zero-order valence-corrected chi connectivity index (χ0v) is 16.6. The van der Waals surface area contributed by atoms with Gasteiger partial charge in [0, 0.05) is 6.42 Å². The van der Waals surface area contributed by atoms with E-state index in [4.69, 9.17) is 4.84 Å². The molecule has 0 aromatic heterocycles. The van der Waals surface area contributed by atoms with E-state index in [0.717, 1.165) is 25.7 Å². The topological polar surface area (TPSA) is 38.7 Å². The highest BCUT2D eigenvalue weighted by atomic mass is 16.6. The van der Waals surface area contributed by atoms with Gasteiger partial charge in [-0.3, -0.25) is 4.79 Å². The van der Waals surface area contributed by atoms with Gasteiger partial charge in [0.2, 0.25) is 0 Å². The average Bonchev–Trinajstić information content (AvgIpc) is 2.59. The van der Waals surface area contributed by atoms with E-state index in [2.05, 4.69) is 19.0 Å². The van der Waals surface area contributed by atoms with Crippen molar-refractivity contribution in [1.82, 2.24) is 0 Å². The van der Waals surface area contributed by atoms with Crippen molar-refractivity contribution in [3.05, 3.63) is 0 Å². The van der Waals surface area contributed by atoms with Crippen molar-refractivity contribution < 1.29 is 9.63 Å². The number of nitrogens with zero attached hydrogens (tertiary/aromatic N) is 1. The molecule has 3 nitrogen and oxygen atoms in total. The highest BCUT2D eigenvalue weighted by Gasteiger charge is 2.06. The van der Waals surface area contributed by atoms with Gasteiger partial charge in [0.1, 0.15) is 12.3 Å². The zero-order chi connectivity index (χ0) is 17.9. The van der Waals surface area contributed by atoms with Crippen LogP contribution in [0.5, 0.6) is 0 Å². The SMILES string of the molecule is CCCCCCCCCCCCCC(=O)C(C)=NOCCCCC. The van der Waals surface area contributed by atoms with Crippen molar-refractivity contribution in [2.24, 2.45) is 5.16 Å². The molecule has 0 aliphatic rings. The van der Waals surface area contributed by atoms with Gasteiger partial charge < -0.3 is 4.84 Å². The van der Waals surface area contributed by atoms with Crippen LogP contribution in [0.3, 0.4) is 0 Å². The first kappa shape index (κ1) is 23.1. The molecule has 0 radical (unpaired) electrons. The third kappa shape index (κ3) is 16.0. The standard InChI is InChI=1S/C21H41NO2/c1-4-6-8-9-10-11-12-13-14-15-16-18-21(23)20(3)22-24-19-17-7-5-2/h4-19H2,1-3H3.